The van der Waals surface area contributed by atoms with Crippen LogP contribution in [-0.4, -0.2) is 26.5 Å². The van der Waals surface area contributed by atoms with E-state index in [0.717, 1.165) is 4.47 Å². The molecule has 1 aliphatic heterocycles. The van der Waals surface area contributed by atoms with Gasteiger partial charge in [0.1, 0.15) is 5.82 Å². The fourth-order valence-electron chi connectivity index (χ4n) is 3.68. The van der Waals surface area contributed by atoms with E-state index in [2.05, 4.69) is 26.2 Å². The molecule has 0 spiro atoms. The van der Waals surface area contributed by atoms with Gasteiger partial charge >= 0.3 is 5.97 Å². The molecule has 1 aliphatic rings. The summed E-state index contributed by atoms with van der Waals surface area (Å²) in [4.78, 5) is 42.0. The van der Waals surface area contributed by atoms with Crippen LogP contribution in [-0.2, 0) is 4.79 Å². The van der Waals surface area contributed by atoms with Crippen molar-refractivity contribution in [1.82, 2.24) is 9.55 Å². The highest BCUT2D eigenvalue weighted by atomic mass is 79.9. The lowest BCUT2D eigenvalue weighted by Gasteiger charge is -2.12. The van der Waals surface area contributed by atoms with Crippen LogP contribution in [0.4, 0.5) is 5.69 Å². The van der Waals surface area contributed by atoms with Crippen LogP contribution in [0.1, 0.15) is 21.7 Å². The molecule has 0 radical (unpaired) electrons. The van der Waals surface area contributed by atoms with Crippen molar-refractivity contribution in [2.24, 2.45) is 0 Å². The number of aromatic nitrogens is 2. The number of carbonyl (C=O) groups excluding carboxylic acids is 1. The van der Waals surface area contributed by atoms with E-state index in [1.54, 1.807) is 48.5 Å². The predicted molar refractivity (Wildman–Crippen MR) is 125 cm³/mol. The minimum Gasteiger partial charge on any atom is -0.478 e. The maximum Gasteiger partial charge on any atom is 0.335 e. The van der Waals surface area contributed by atoms with Crippen molar-refractivity contribution in [1.29, 1.82) is 0 Å². The van der Waals surface area contributed by atoms with Crippen molar-refractivity contribution in [2.75, 3.05) is 5.32 Å². The van der Waals surface area contributed by atoms with Gasteiger partial charge in [-0.05, 0) is 60.7 Å². The molecule has 4 aromatic rings. The van der Waals surface area contributed by atoms with Crippen LogP contribution in [0.5, 0.6) is 0 Å². The van der Waals surface area contributed by atoms with Crippen molar-refractivity contribution in [3.05, 3.63) is 98.5 Å². The molecule has 7 nitrogen and oxygen atoms in total. The fraction of sp³-hybridized carbons (Fsp3) is 0. The lowest BCUT2D eigenvalue weighted by atomic mass is 10.1. The van der Waals surface area contributed by atoms with Crippen LogP contribution in [0.3, 0.4) is 0 Å². The lowest BCUT2D eigenvalue weighted by molar-refractivity contribution is -0.110. The van der Waals surface area contributed by atoms with Gasteiger partial charge in [-0.2, -0.15) is 0 Å². The summed E-state index contributed by atoms with van der Waals surface area (Å²) in [5, 5.41) is 12.4. The van der Waals surface area contributed by atoms with Gasteiger partial charge in [-0.25, -0.2) is 9.78 Å². The summed E-state index contributed by atoms with van der Waals surface area (Å²) in [5.41, 5.74) is 2.46. The summed E-state index contributed by atoms with van der Waals surface area (Å²) in [6, 6.07) is 18.3. The van der Waals surface area contributed by atoms with Gasteiger partial charge in [0.25, 0.3) is 11.5 Å². The van der Waals surface area contributed by atoms with E-state index in [4.69, 9.17) is 0 Å². The van der Waals surface area contributed by atoms with Gasteiger partial charge in [-0.3, -0.25) is 14.2 Å². The highest BCUT2D eigenvalue weighted by Gasteiger charge is 2.25. The fourth-order valence-corrected chi connectivity index (χ4v) is 4.04. The number of nitrogens with one attached hydrogen (secondary N) is 1. The van der Waals surface area contributed by atoms with Gasteiger partial charge in [0.15, 0.2) is 0 Å². The molecule has 1 amide bonds. The van der Waals surface area contributed by atoms with Crippen molar-refractivity contribution in [2.45, 2.75) is 0 Å². The maximum atomic E-state index is 13.4. The second-order valence-electron chi connectivity index (χ2n) is 7.18. The number of anilines is 1. The van der Waals surface area contributed by atoms with Gasteiger partial charge < -0.3 is 10.4 Å². The first-order valence-electron chi connectivity index (χ1n) is 9.61. The van der Waals surface area contributed by atoms with Crippen LogP contribution in [0, 0.1) is 0 Å². The Morgan fingerprint density at radius 3 is 2.53 bits per heavy atom. The number of nitrogens with zero attached hydrogens (tertiary/aromatic N) is 2. The molecule has 3 aromatic carbocycles. The number of para-hydroxylation sites is 1. The predicted octanol–water partition coefficient (Wildman–Crippen LogP) is 4.34. The zero-order valence-corrected chi connectivity index (χ0v) is 18.0. The number of carbonyl (C=O) groups is 2. The van der Waals surface area contributed by atoms with Crippen molar-refractivity contribution in [3.63, 3.8) is 0 Å². The third kappa shape index (κ3) is 3.30. The third-order valence-corrected chi connectivity index (χ3v) is 5.71. The summed E-state index contributed by atoms with van der Waals surface area (Å²) in [6.45, 7) is 0. The SMILES string of the molecule is O=C1Nc2ccc(Br)cc2/C1=C\c1nc2ccccc2c(=O)n1-c1ccc(C(=O)O)cc1. The quantitative estimate of drug-likeness (QED) is 0.418. The average molecular weight is 488 g/mol. The van der Waals surface area contributed by atoms with E-state index in [0.29, 0.717) is 33.4 Å². The summed E-state index contributed by atoms with van der Waals surface area (Å²) < 4.78 is 2.19. The van der Waals surface area contributed by atoms with E-state index in [-0.39, 0.29) is 22.9 Å². The molecule has 0 fully saturated rings. The molecule has 2 N–H and O–H groups in total. The van der Waals surface area contributed by atoms with Crippen molar-refractivity contribution in [3.8, 4) is 5.69 Å². The number of halogens is 1. The molecular formula is C24H14BrN3O4. The molecule has 0 saturated heterocycles. The Balaban J connectivity index is 1.78. The molecule has 156 valence electrons. The number of aromatic carboxylic acids is 1. The van der Waals surface area contributed by atoms with Gasteiger partial charge in [-0.15, -0.1) is 0 Å². The third-order valence-electron chi connectivity index (χ3n) is 5.21. The topological polar surface area (TPSA) is 101 Å². The molecule has 0 unspecified atom stereocenters. The summed E-state index contributed by atoms with van der Waals surface area (Å²) in [6.07, 6.45) is 1.58. The van der Waals surface area contributed by atoms with Gasteiger partial charge in [0.2, 0.25) is 0 Å². The number of hydrogen-bond acceptors (Lipinski definition) is 4. The zero-order chi connectivity index (χ0) is 22.4. The number of amides is 1. The van der Waals surface area contributed by atoms with Crippen LogP contribution >= 0.6 is 15.9 Å². The average Bonchev–Trinajstić information content (AvgIpc) is 3.08. The Kier molecular flexibility index (Phi) is 4.71. The largest absolute Gasteiger partial charge is 0.478 e. The first kappa shape index (κ1) is 19.9. The second-order valence-corrected chi connectivity index (χ2v) is 8.10. The Morgan fingerprint density at radius 2 is 1.78 bits per heavy atom. The lowest BCUT2D eigenvalue weighted by Crippen LogP contribution is -2.22. The molecule has 1 aromatic heterocycles. The molecule has 2 heterocycles. The van der Waals surface area contributed by atoms with E-state index < -0.39 is 5.97 Å². The molecule has 5 rings (SSSR count). The van der Waals surface area contributed by atoms with E-state index >= 15 is 0 Å². The number of fused-ring (bicyclic) bond motifs is 2. The molecule has 0 saturated carbocycles. The van der Waals surface area contributed by atoms with Crippen molar-refractivity contribution >= 4 is 56.0 Å². The number of carboxylic acids is 1. The smallest absolute Gasteiger partial charge is 0.335 e. The summed E-state index contributed by atoms with van der Waals surface area (Å²) >= 11 is 3.43. The Hall–Kier alpha value is -4.04. The van der Waals surface area contributed by atoms with E-state index in [9.17, 15) is 19.5 Å². The van der Waals surface area contributed by atoms with E-state index in [1.807, 2.05) is 12.1 Å². The molecule has 0 atom stereocenters. The molecule has 0 aliphatic carbocycles. The number of rotatable bonds is 3. The highest BCUT2D eigenvalue weighted by Crippen LogP contribution is 2.35. The standard InChI is InChI=1S/C24H14BrN3O4/c25-14-7-10-20-17(11-14)18(22(29)27-20)12-21-26-19-4-2-1-3-16(19)23(30)28(21)15-8-5-13(6-9-15)24(31)32/h1-12H,(H,27,29)(H,31,32)/b18-12+. The van der Waals surface area contributed by atoms with Crippen LogP contribution in [0.2, 0.25) is 0 Å². The van der Waals surface area contributed by atoms with Gasteiger partial charge in [0, 0.05) is 15.7 Å². The Labute approximate surface area is 189 Å². The van der Waals surface area contributed by atoms with Crippen LogP contribution in [0.25, 0.3) is 28.2 Å². The molecule has 32 heavy (non-hydrogen) atoms. The first-order chi connectivity index (χ1) is 15.4. The number of hydrogen-bond donors (Lipinski definition) is 2. The summed E-state index contributed by atoms with van der Waals surface area (Å²) in [7, 11) is 0. The van der Waals surface area contributed by atoms with Crippen molar-refractivity contribution < 1.29 is 14.7 Å². The van der Waals surface area contributed by atoms with Crippen LogP contribution < -0.4 is 10.9 Å². The van der Waals surface area contributed by atoms with Crippen LogP contribution in [0.15, 0.2) is 76.0 Å². The van der Waals surface area contributed by atoms with E-state index in [1.165, 1.54) is 16.7 Å². The molecular weight excluding hydrogens is 474 g/mol. The minimum atomic E-state index is -1.06. The minimum absolute atomic E-state index is 0.101. The Bertz CT molecular complexity index is 1520. The monoisotopic (exact) mass is 487 g/mol. The summed E-state index contributed by atoms with van der Waals surface area (Å²) in [5.74, 6) is -1.10. The Morgan fingerprint density at radius 1 is 1.03 bits per heavy atom. The van der Waals surface area contributed by atoms with Gasteiger partial charge in [0.05, 0.1) is 27.7 Å². The highest BCUT2D eigenvalue weighted by molar-refractivity contribution is 9.10. The number of carboxylic acid groups (broad SMARTS) is 1. The number of benzene rings is 3. The first-order valence-corrected chi connectivity index (χ1v) is 10.4. The maximum absolute atomic E-state index is 13.4. The molecule has 8 heteroatoms. The van der Waals surface area contributed by atoms with Gasteiger partial charge in [-0.1, -0.05) is 28.1 Å². The molecule has 0 bridgehead atoms. The zero-order valence-electron chi connectivity index (χ0n) is 16.4. The normalized spacial score (nSPS) is 13.9. The second kappa shape index (κ2) is 7.58.